The molecule has 19 heavy (non-hydrogen) atoms. The van der Waals surface area contributed by atoms with Gasteiger partial charge in [-0.1, -0.05) is 13.8 Å². The van der Waals surface area contributed by atoms with Gasteiger partial charge in [-0.15, -0.1) is 0 Å². The monoisotopic (exact) mass is 264 g/mol. The molecule has 6 heteroatoms. The Morgan fingerprint density at radius 3 is 2.26 bits per heavy atom. The maximum absolute atomic E-state index is 5.73. The number of nitrogen functional groups attached to an aromatic ring is 1. The molecular weight excluding hydrogens is 240 g/mol. The zero-order chi connectivity index (χ0) is 14.0. The summed E-state index contributed by atoms with van der Waals surface area (Å²) in [4.78, 5) is 14.5. The van der Waals surface area contributed by atoms with Crippen LogP contribution in [-0.2, 0) is 0 Å². The number of nitrogens with zero attached hydrogens (tertiary/aromatic N) is 4. The molecule has 1 aromatic heterocycles. The molecule has 0 spiro atoms. The van der Waals surface area contributed by atoms with Crippen LogP contribution in [0.25, 0.3) is 0 Å². The number of hydrogen-bond acceptors (Lipinski definition) is 6. The van der Waals surface area contributed by atoms with E-state index in [0.717, 1.165) is 24.7 Å². The molecule has 1 heterocycles. The average Bonchev–Trinajstić information content (AvgIpc) is 2.26. The van der Waals surface area contributed by atoms with Gasteiger partial charge in [-0.05, 0) is 31.1 Å². The molecule has 3 N–H and O–H groups in total. The Morgan fingerprint density at radius 1 is 1.05 bits per heavy atom. The van der Waals surface area contributed by atoms with Gasteiger partial charge in [0, 0.05) is 20.1 Å². The summed E-state index contributed by atoms with van der Waals surface area (Å²) < 4.78 is 0. The van der Waals surface area contributed by atoms with Crippen LogP contribution in [0.1, 0.15) is 33.1 Å². The van der Waals surface area contributed by atoms with Crippen molar-refractivity contribution in [3.63, 3.8) is 0 Å². The van der Waals surface area contributed by atoms with Gasteiger partial charge in [0.25, 0.3) is 0 Å². The minimum Gasteiger partial charge on any atom is -0.368 e. The molecular formula is C13H24N6. The van der Waals surface area contributed by atoms with Crippen molar-refractivity contribution in [2.45, 2.75) is 39.2 Å². The van der Waals surface area contributed by atoms with Crippen LogP contribution < -0.4 is 16.0 Å². The fraction of sp³-hybridized carbons (Fsp3) is 0.769. The molecule has 0 radical (unpaired) electrons. The highest BCUT2D eigenvalue weighted by Gasteiger charge is 2.24. The SMILES string of the molecule is CC1CC(C)CC(Nc2nc(N)nc(N(C)C)n2)C1. The quantitative estimate of drug-likeness (QED) is 0.866. The number of nitrogens with two attached hydrogens (primary N) is 1. The lowest BCUT2D eigenvalue weighted by Gasteiger charge is -2.32. The number of nitrogens with one attached hydrogen (secondary N) is 1. The van der Waals surface area contributed by atoms with Crippen molar-refractivity contribution in [1.82, 2.24) is 15.0 Å². The van der Waals surface area contributed by atoms with E-state index in [2.05, 4.69) is 34.1 Å². The largest absolute Gasteiger partial charge is 0.368 e. The summed E-state index contributed by atoms with van der Waals surface area (Å²) in [6.07, 6.45) is 3.63. The van der Waals surface area contributed by atoms with E-state index in [1.54, 1.807) is 0 Å². The second kappa shape index (κ2) is 5.59. The zero-order valence-corrected chi connectivity index (χ0v) is 12.2. The zero-order valence-electron chi connectivity index (χ0n) is 12.2. The van der Waals surface area contributed by atoms with Crippen molar-refractivity contribution >= 4 is 17.8 Å². The molecule has 2 rings (SSSR count). The molecule has 1 aliphatic rings. The summed E-state index contributed by atoms with van der Waals surface area (Å²) in [5, 5.41) is 3.41. The maximum Gasteiger partial charge on any atom is 0.231 e. The summed E-state index contributed by atoms with van der Waals surface area (Å²) in [5.41, 5.74) is 5.73. The number of hydrogen-bond donors (Lipinski definition) is 2. The number of aromatic nitrogens is 3. The van der Waals surface area contributed by atoms with Crippen LogP contribution in [0.2, 0.25) is 0 Å². The second-order valence-electron chi connectivity index (χ2n) is 5.97. The molecule has 0 amide bonds. The molecule has 106 valence electrons. The van der Waals surface area contributed by atoms with Crippen LogP contribution in [0.15, 0.2) is 0 Å². The van der Waals surface area contributed by atoms with E-state index < -0.39 is 0 Å². The lowest BCUT2D eigenvalue weighted by atomic mass is 9.80. The third-order valence-electron chi connectivity index (χ3n) is 3.55. The van der Waals surface area contributed by atoms with Crippen molar-refractivity contribution in [3.8, 4) is 0 Å². The first-order valence-electron chi connectivity index (χ1n) is 6.89. The third-order valence-corrected chi connectivity index (χ3v) is 3.55. The lowest BCUT2D eigenvalue weighted by molar-refractivity contribution is 0.280. The van der Waals surface area contributed by atoms with Crippen molar-refractivity contribution in [1.29, 1.82) is 0 Å². The van der Waals surface area contributed by atoms with Crippen LogP contribution in [0, 0.1) is 11.8 Å². The molecule has 1 aliphatic carbocycles. The summed E-state index contributed by atoms with van der Waals surface area (Å²) in [6.45, 7) is 4.61. The van der Waals surface area contributed by atoms with E-state index in [0.29, 0.717) is 17.9 Å². The first-order valence-corrected chi connectivity index (χ1v) is 6.89. The highest BCUT2D eigenvalue weighted by atomic mass is 15.3. The van der Waals surface area contributed by atoms with Crippen molar-refractivity contribution in [3.05, 3.63) is 0 Å². The van der Waals surface area contributed by atoms with Gasteiger partial charge in [-0.3, -0.25) is 0 Å². The topological polar surface area (TPSA) is 80.0 Å². The normalized spacial score (nSPS) is 27.1. The van der Waals surface area contributed by atoms with E-state index in [-0.39, 0.29) is 5.95 Å². The Morgan fingerprint density at radius 2 is 1.68 bits per heavy atom. The van der Waals surface area contributed by atoms with Crippen molar-refractivity contribution < 1.29 is 0 Å². The van der Waals surface area contributed by atoms with Crippen LogP contribution in [-0.4, -0.2) is 35.1 Å². The Balaban J connectivity index is 2.10. The van der Waals surface area contributed by atoms with E-state index >= 15 is 0 Å². The predicted octanol–water partition coefficient (Wildman–Crippen LogP) is 1.76. The fourth-order valence-corrected chi connectivity index (χ4v) is 2.89. The molecule has 6 nitrogen and oxygen atoms in total. The third kappa shape index (κ3) is 3.68. The van der Waals surface area contributed by atoms with Gasteiger partial charge in [0.15, 0.2) is 0 Å². The Hall–Kier alpha value is -1.59. The van der Waals surface area contributed by atoms with Gasteiger partial charge in [0.05, 0.1) is 0 Å². The molecule has 1 fully saturated rings. The van der Waals surface area contributed by atoms with Gasteiger partial charge in [0.1, 0.15) is 0 Å². The molecule has 0 aromatic carbocycles. The molecule has 1 aromatic rings. The highest BCUT2D eigenvalue weighted by molar-refractivity contribution is 5.41. The lowest BCUT2D eigenvalue weighted by Crippen LogP contribution is -2.31. The minimum atomic E-state index is 0.262. The first kappa shape index (κ1) is 13.8. The van der Waals surface area contributed by atoms with Crippen molar-refractivity contribution in [2.75, 3.05) is 30.0 Å². The van der Waals surface area contributed by atoms with Gasteiger partial charge >= 0.3 is 0 Å². The number of rotatable bonds is 3. The second-order valence-corrected chi connectivity index (χ2v) is 5.97. The van der Waals surface area contributed by atoms with E-state index in [9.17, 15) is 0 Å². The van der Waals surface area contributed by atoms with E-state index in [4.69, 9.17) is 5.73 Å². The van der Waals surface area contributed by atoms with Crippen LogP contribution in [0.4, 0.5) is 17.8 Å². The average molecular weight is 264 g/mol. The molecule has 1 saturated carbocycles. The van der Waals surface area contributed by atoms with Crippen LogP contribution in [0.3, 0.4) is 0 Å². The first-order chi connectivity index (χ1) is 8.94. The fourth-order valence-electron chi connectivity index (χ4n) is 2.89. The Kier molecular flexibility index (Phi) is 4.07. The molecule has 0 bridgehead atoms. The van der Waals surface area contributed by atoms with Gasteiger partial charge in [0.2, 0.25) is 17.8 Å². The summed E-state index contributed by atoms with van der Waals surface area (Å²) >= 11 is 0. The highest BCUT2D eigenvalue weighted by Crippen LogP contribution is 2.30. The Bertz CT molecular complexity index is 423. The van der Waals surface area contributed by atoms with Gasteiger partial charge < -0.3 is 16.0 Å². The summed E-state index contributed by atoms with van der Waals surface area (Å²) in [7, 11) is 3.78. The summed E-state index contributed by atoms with van der Waals surface area (Å²) in [6, 6.07) is 0.426. The standard InChI is InChI=1S/C13H24N6/c1-8-5-9(2)7-10(6-8)15-12-16-11(14)17-13(18-12)19(3)4/h8-10H,5-7H2,1-4H3,(H3,14,15,16,17,18). The molecule has 0 saturated heterocycles. The van der Waals surface area contributed by atoms with Crippen LogP contribution >= 0.6 is 0 Å². The number of anilines is 3. The summed E-state index contributed by atoms with van der Waals surface area (Å²) in [5.74, 6) is 2.93. The minimum absolute atomic E-state index is 0.262. The smallest absolute Gasteiger partial charge is 0.231 e. The Labute approximate surface area is 114 Å². The van der Waals surface area contributed by atoms with Crippen molar-refractivity contribution in [2.24, 2.45) is 11.8 Å². The van der Waals surface area contributed by atoms with Gasteiger partial charge in [-0.25, -0.2) is 0 Å². The molecule has 2 atom stereocenters. The van der Waals surface area contributed by atoms with Gasteiger partial charge in [-0.2, -0.15) is 15.0 Å². The van der Waals surface area contributed by atoms with E-state index in [1.165, 1.54) is 6.42 Å². The van der Waals surface area contributed by atoms with Crippen LogP contribution in [0.5, 0.6) is 0 Å². The molecule has 2 unspecified atom stereocenters. The maximum atomic E-state index is 5.73. The van der Waals surface area contributed by atoms with E-state index in [1.807, 2.05) is 19.0 Å². The molecule has 0 aliphatic heterocycles. The predicted molar refractivity (Wildman–Crippen MR) is 78.2 cm³/mol.